The van der Waals surface area contributed by atoms with Crippen LogP contribution in [0.1, 0.15) is 38.5 Å². The predicted molar refractivity (Wildman–Crippen MR) is 109 cm³/mol. The van der Waals surface area contributed by atoms with Crippen LogP contribution in [0.4, 0.5) is 5.69 Å². The Morgan fingerprint density at radius 3 is 2.72 bits per heavy atom. The molecule has 1 atom stereocenters. The first-order chi connectivity index (χ1) is 14.0. The second-order valence-electron chi connectivity index (χ2n) is 7.34. The molecule has 0 bridgehead atoms. The molecule has 1 aromatic rings. The summed E-state index contributed by atoms with van der Waals surface area (Å²) in [5.41, 5.74) is 0.422. The molecule has 29 heavy (non-hydrogen) atoms. The van der Waals surface area contributed by atoms with Crippen molar-refractivity contribution in [3.63, 3.8) is 0 Å². The molecule has 2 aliphatic heterocycles. The number of carbonyl (C=O) groups is 1. The molecule has 1 unspecified atom stereocenters. The second kappa shape index (κ2) is 10.4. The van der Waals surface area contributed by atoms with Crippen molar-refractivity contribution in [2.45, 2.75) is 49.5 Å². The molecular formula is C20H30N2O6S. The Kier molecular flexibility index (Phi) is 7.88. The molecule has 0 aromatic heterocycles. The van der Waals surface area contributed by atoms with Gasteiger partial charge in [0.15, 0.2) is 0 Å². The molecule has 3 rings (SSSR count). The number of piperidine rings is 1. The summed E-state index contributed by atoms with van der Waals surface area (Å²) in [5, 5.41) is 2.75. The molecule has 1 amide bonds. The number of carbonyl (C=O) groups excluding carboxylic acids is 1. The number of ether oxygens (including phenoxy) is 3. The lowest BCUT2D eigenvalue weighted by atomic mass is 10.2. The summed E-state index contributed by atoms with van der Waals surface area (Å²) < 4.78 is 43.8. The average Bonchev–Trinajstić information content (AvgIpc) is 3.25. The smallest absolute Gasteiger partial charge is 0.246 e. The summed E-state index contributed by atoms with van der Waals surface area (Å²) in [6.45, 7) is 2.57. The summed E-state index contributed by atoms with van der Waals surface area (Å²) in [6.07, 6.45) is 5.10. The zero-order valence-corrected chi connectivity index (χ0v) is 17.7. The summed E-state index contributed by atoms with van der Waals surface area (Å²) in [4.78, 5) is 12.3. The normalized spacial score (nSPS) is 20.5. The van der Waals surface area contributed by atoms with E-state index in [0.29, 0.717) is 32.0 Å². The van der Waals surface area contributed by atoms with E-state index in [0.717, 1.165) is 38.7 Å². The Morgan fingerprint density at radius 2 is 2.03 bits per heavy atom. The maximum Gasteiger partial charge on any atom is 0.246 e. The van der Waals surface area contributed by atoms with Crippen molar-refractivity contribution in [3.8, 4) is 5.75 Å². The van der Waals surface area contributed by atoms with Gasteiger partial charge in [-0.05, 0) is 43.9 Å². The highest BCUT2D eigenvalue weighted by Gasteiger charge is 2.29. The van der Waals surface area contributed by atoms with Gasteiger partial charge in [-0.15, -0.1) is 0 Å². The monoisotopic (exact) mass is 426 g/mol. The van der Waals surface area contributed by atoms with E-state index in [9.17, 15) is 13.2 Å². The van der Waals surface area contributed by atoms with Crippen LogP contribution in [-0.4, -0.2) is 64.8 Å². The van der Waals surface area contributed by atoms with E-state index < -0.39 is 10.0 Å². The number of anilines is 1. The van der Waals surface area contributed by atoms with Gasteiger partial charge < -0.3 is 19.5 Å². The maximum atomic E-state index is 13.0. The van der Waals surface area contributed by atoms with Gasteiger partial charge in [-0.2, -0.15) is 4.31 Å². The van der Waals surface area contributed by atoms with Gasteiger partial charge in [0.05, 0.1) is 32.8 Å². The van der Waals surface area contributed by atoms with Crippen LogP contribution < -0.4 is 10.1 Å². The number of nitrogens with zero attached hydrogens (tertiary/aromatic N) is 1. The van der Waals surface area contributed by atoms with Crippen molar-refractivity contribution in [3.05, 3.63) is 18.2 Å². The third kappa shape index (κ3) is 5.91. The number of rotatable bonds is 9. The minimum atomic E-state index is -3.68. The average molecular weight is 427 g/mol. The van der Waals surface area contributed by atoms with E-state index in [2.05, 4.69) is 5.32 Å². The van der Waals surface area contributed by atoms with Crippen LogP contribution in [0.5, 0.6) is 5.75 Å². The van der Waals surface area contributed by atoms with Gasteiger partial charge in [-0.25, -0.2) is 8.42 Å². The van der Waals surface area contributed by atoms with Gasteiger partial charge in [0.1, 0.15) is 10.6 Å². The number of hydrogen-bond acceptors (Lipinski definition) is 6. The molecule has 0 radical (unpaired) electrons. The Balaban J connectivity index is 1.59. The summed E-state index contributed by atoms with van der Waals surface area (Å²) in [7, 11) is -2.24. The first kappa shape index (κ1) is 22.0. The van der Waals surface area contributed by atoms with E-state index >= 15 is 0 Å². The predicted octanol–water partition coefficient (Wildman–Crippen LogP) is 2.39. The number of methoxy groups -OCH3 is 1. The topological polar surface area (TPSA) is 94.2 Å². The van der Waals surface area contributed by atoms with E-state index in [4.69, 9.17) is 14.2 Å². The van der Waals surface area contributed by atoms with Crippen LogP contribution in [0.15, 0.2) is 23.1 Å². The summed E-state index contributed by atoms with van der Waals surface area (Å²) in [5.74, 6) is 0.0392. The van der Waals surface area contributed by atoms with E-state index in [1.807, 2.05) is 0 Å². The molecule has 0 saturated carbocycles. The standard InChI is InChI=1S/C20H30N2O6S/c1-26-18-8-7-16(14-19(18)29(24,25)22-10-3-2-4-11-22)21-20(23)9-13-27-15-17-6-5-12-28-17/h7-8,14,17H,2-6,9-13,15H2,1H3,(H,21,23). The van der Waals surface area contributed by atoms with Crippen LogP contribution in [0.2, 0.25) is 0 Å². The zero-order valence-electron chi connectivity index (χ0n) is 16.9. The highest BCUT2D eigenvalue weighted by atomic mass is 32.2. The van der Waals surface area contributed by atoms with Crippen molar-refractivity contribution < 1.29 is 27.4 Å². The molecule has 2 fully saturated rings. The Hall–Kier alpha value is -1.68. The maximum absolute atomic E-state index is 13.0. The highest BCUT2D eigenvalue weighted by Crippen LogP contribution is 2.31. The fraction of sp³-hybridized carbons (Fsp3) is 0.650. The number of sulfonamides is 1. The second-order valence-corrected chi connectivity index (χ2v) is 9.24. The van der Waals surface area contributed by atoms with Crippen LogP contribution >= 0.6 is 0 Å². The zero-order chi connectivity index (χ0) is 20.7. The van der Waals surface area contributed by atoms with Gasteiger partial charge in [0.2, 0.25) is 15.9 Å². The minimum absolute atomic E-state index is 0.0781. The molecular weight excluding hydrogens is 396 g/mol. The molecule has 0 aliphatic carbocycles. The lowest BCUT2D eigenvalue weighted by Gasteiger charge is -2.26. The number of benzene rings is 1. The lowest BCUT2D eigenvalue weighted by Crippen LogP contribution is -2.35. The van der Waals surface area contributed by atoms with Crippen molar-refractivity contribution >= 4 is 21.6 Å². The van der Waals surface area contributed by atoms with Crippen LogP contribution in [0.3, 0.4) is 0 Å². The SMILES string of the molecule is COc1ccc(NC(=O)CCOCC2CCCO2)cc1S(=O)(=O)N1CCCCC1. The molecule has 0 spiro atoms. The molecule has 8 nitrogen and oxygen atoms in total. The first-order valence-electron chi connectivity index (χ1n) is 10.2. The number of nitrogens with one attached hydrogen (secondary N) is 1. The van der Waals surface area contributed by atoms with Crippen LogP contribution in [-0.2, 0) is 24.3 Å². The number of hydrogen-bond donors (Lipinski definition) is 1. The van der Waals surface area contributed by atoms with Gasteiger partial charge in [-0.3, -0.25) is 4.79 Å². The van der Waals surface area contributed by atoms with Gasteiger partial charge in [-0.1, -0.05) is 6.42 Å². The molecule has 1 aromatic carbocycles. The minimum Gasteiger partial charge on any atom is -0.495 e. The van der Waals surface area contributed by atoms with Crippen LogP contribution in [0.25, 0.3) is 0 Å². The highest BCUT2D eigenvalue weighted by molar-refractivity contribution is 7.89. The molecule has 1 N–H and O–H groups in total. The molecule has 9 heteroatoms. The largest absolute Gasteiger partial charge is 0.495 e. The Bertz CT molecular complexity index is 786. The third-order valence-corrected chi connectivity index (χ3v) is 7.10. The van der Waals surface area contributed by atoms with Gasteiger partial charge in [0.25, 0.3) is 0 Å². The summed E-state index contributed by atoms with van der Waals surface area (Å²) in [6, 6.07) is 4.67. The molecule has 2 aliphatic rings. The van der Waals surface area contributed by atoms with Crippen molar-refractivity contribution in [1.82, 2.24) is 4.31 Å². The quantitative estimate of drug-likeness (QED) is 0.610. The van der Waals surface area contributed by atoms with Gasteiger partial charge >= 0.3 is 0 Å². The van der Waals surface area contributed by atoms with E-state index in [-0.39, 0.29) is 29.1 Å². The Morgan fingerprint density at radius 1 is 1.24 bits per heavy atom. The van der Waals surface area contributed by atoms with E-state index in [1.54, 1.807) is 12.1 Å². The molecule has 2 saturated heterocycles. The first-order valence-corrected chi connectivity index (χ1v) is 11.6. The fourth-order valence-electron chi connectivity index (χ4n) is 3.58. The molecule has 162 valence electrons. The molecule has 2 heterocycles. The lowest BCUT2D eigenvalue weighted by molar-refractivity contribution is -0.117. The van der Waals surface area contributed by atoms with Gasteiger partial charge in [0, 0.05) is 25.4 Å². The fourth-order valence-corrected chi connectivity index (χ4v) is 5.28. The number of amides is 1. The van der Waals surface area contributed by atoms with E-state index in [1.165, 1.54) is 17.5 Å². The third-order valence-electron chi connectivity index (χ3n) is 5.18. The van der Waals surface area contributed by atoms with Crippen LogP contribution in [0, 0.1) is 0 Å². The van der Waals surface area contributed by atoms with Crippen molar-refractivity contribution in [2.75, 3.05) is 45.3 Å². The van der Waals surface area contributed by atoms with Crippen molar-refractivity contribution in [1.29, 1.82) is 0 Å². The van der Waals surface area contributed by atoms with Crippen molar-refractivity contribution in [2.24, 2.45) is 0 Å². The summed E-state index contributed by atoms with van der Waals surface area (Å²) >= 11 is 0. The Labute approximate surface area is 172 Å².